The van der Waals surface area contributed by atoms with Crippen LogP contribution in [0.25, 0.3) is 0 Å². The Balaban J connectivity index is 1.53. The van der Waals surface area contributed by atoms with Crippen molar-refractivity contribution in [3.8, 4) is 0 Å². The second kappa shape index (κ2) is 5.81. The maximum Gasteiger partial charge on any atom is 0.329 e. The SMILES string of the molecule is Cc1scc2c1N(C(=O)N1CC3(CCN(C)C3)C1)c1ccccc1NC2=O. The molecule has 0 saturated carbocycles. The molecule has 6 nitrogen and oxygen atoms in total. The molecule has 2 aromatic rings. The van der Waals surface area contributed by atoms with Gasteiger partial charge in [0.05, 0.1) is 22.6 Å². The summed E-state index contributed by atoms with van der Waals surface area (Å²) in [6, 6.07) is 7.49. The molecule has 0 aliphatic carbocycles. The number of likely N-dealkylation sites (tertiary alicyclic amines) is 2. The van der Waals surface area contributed by atoms with Crippen LogP contribution in [0.3, 0.4) is 0 Å². The fraction of sp³-hybridized carbons (Fsp3) is 0.400. The quantitative estimate of drug-likeness (QED) is 0.759. The standard InChI is InChI=1S/C20H22N4O2S/c1-13-17-14(9-27-13)18(25)21-15-5-3-4-6-16(15)24(17)19(26)23-11-20(12-23)7-8-22(2)10-20/h3-6,9H,7-8,10-12H2,1-2H3,(H,21,25). The summed E-state index contributed by atoms with van der Waals surface area (Å²) in [6.45, 7) is 5.69. The summed E-state index contributed by atoms with van der Waals surface area (Å²) < 4.78 is 0. The highest BCUT2D eigenvalue weighted by atomic mass is 32.1. The number of hydrogen-bond acceptors (Lipinski definition) is 4. The molecular formula is C20H22N4O2S. The molecule has 1 N–H and O–H groups in total. The second-order valence-electron chi connectivity index (χ2n) is 7.99. The summed E-state index contributed by atoms with van der Waals surface area (Å²) in [6.07, 6.45) is 1.15. The summed E-state index contributed by atoms with van der Waals surface area (Å²) in [5.41, 5.74) is 2.94. The third-order valence-corrected chi connectivity index (χ3v) is 6.85. The molecular weight excluding hydrogens is 360 g/mol. The first kappa shape index (κ1) is 16.8. The molecule has 3 amide bonds. The molecule has 0 radical (unpaired) electrons. The molecule has 2 fully saturated rings. The number of nitrogens with one attached hydrogen (secondary N) is 1. The van der Waals surface area contributed by atoms with Crippen molar-refractivity contribution in [1.82, 2.24) is 9.80 Å². The van der Waals surface area contributed by atoms with Crippen molar-refractivity contribution in [1.29, 1.82) is 0 Å². The molecule has 140 valence electrons. The van der Waals surface area contributed by atoms with E-state index >= 15 is 0 Å². The largest absolute Gasteiger partial charge is 0.329 e. The van der Waals surface area contributed by atoms with Crippen molar-refractivity contribution in [3.05, 3.63) is 40.1 Å². The topological polar surface area (TPSA) is 55.9 Å². The van der Waals surface area contributed by atoms with Crippen LogP contribution in [-0.4, -0.2) is 55.0 Å². The Bertz CT molecular complexity index is 947. The first-order valence-corrected chi connectivity index (χ1v) is 10.1. The average Bonchev–Trinajstić information content (AvgIpc) is 3.15. The number of carbonyl (C=O) groups is 2. The van der Waals surface area contributed by atoms with E-state index in [2.05, 4.69) is 17.3 Å². The lowest BCUT2D eigenvalue weighted by atomic mass is 9.79. The Kier molecular flexibility index (Phi) is 3.61. The van der Waals surface area contributed by atoms with Crippen LogP contribution in [0.5, 0.6) is 0 Å². The number of anilines is 3. The zero-order valence-corrected chi connectivity index (χ0v) is 16.3. The van der Waals surface area contributed by atoms with Crippen LogP contribution < -0.4 is 10.2 Å². The molecule has 3 aliphatic heterocycles. The number of para-hydroxylation sites is 2. The summed E-state index contributed by atoms with van der Waals surface area (Å²) >= 11 is 1.51. The smallest absolute Gasteiger partial charge is 0.323 e. The monoisotopic (exact) mass is 382 g/mol. The van der Waals surface area contributed by atoms with Crippen LogP contribution in [0.1, 0.15) is 21.7 Å². The van der Waals surface area contributed by atoms with Crippen molar-refractivity contribution in [2.75, 3.05) is 43.4 Å². The zero-order valence-electron chi connectivity index (χ0n) is 15.5. The van der Waals surface area contributed by atoms with Crippen LogP contribution >= 0.6 is 11.3 Å². The molecule has 0 atom stereocenters. The lowest BCUT2D eigenvalue weighted by Crippen LogP contribution is -2.61. The zero-order chi connectivity index (χ0) is 18.8. The van der Waals surface area contributed by atoms with E-state index in [1.807, 2.05) is 41.5 Å². The first-order chi connectivity index (χ1) is 13.0. The van der Waals surface area contributed by atoms with Gasteiger partial charge in [0.2, 0.25) is 0 Å². The van der Waals surface area contributed by atoms with E-state index in [4.69, 9.17) is 0 Å². The molecule has 2 saturated heterocycles. The van der Waals surface area contributed by atoms with Gasteiger partial charge in [-0.2, -0.15) is 0 Å². The van der Waals surface area contributed by atoms with Gasteiger partial charge in [-0.3, -0.25) is 9.69 Å². The van der Waals surface area contributed by atoms with Crippen molar-refractivity contribution in [2.45, 2.75) is 13.3 Å². The van der Waals surface area contributed by atoms with Crippen LogP contribution in [0, 0.1) is 12.3 Å². The summed E-state index contributed by atoms with van der Waals surface area (Å²) in [4.78, 5) is 33.2. The number of rotatable bonds is 0. The maximum atomic E-state index is 13.5. The van der Waals surface area contributed by atoms with E-state index < -0.39 is 0 Å². The molecule has 1 spiro atoms. The van der Waals surface area contributed by atoms with Gasteiger partial charge in [-0.15, -0.1) is 11.3 Å². The van der Waals surface area contributed by atoms with E-state index in [9.17, 15) is 9.59 Å². The Labute approximate surface area is 162 Å². The predicted molar refractivity (Wildman–Crippen MR) is 107 cm³/mol. The van der Waals surface area contributed by atoms with E-state index in [0.717, 1.165) is 48.9 Å². The third-order valence-electron chi connectivity index (χ3n) is 5.95. The van der Waals surface area contributed by atoms with Gasteiger partial charge >= 0.3 is 6.03 Å². The van der Waals surface area contributed by atoms with E-state index in [1.165, 1.54) is 11.3 Å². The van der Waals surface area contributed by atoms with Gasteiger partial charge in [0.25, 0.3) is 5.91 Å². The number of urea groups is 1. The Morgan fingerprint density at radius 1 is 1.22 bits per heavy atom. The Hall–Kier alpha value is -2.38. The highest BCUT2D eigenvalue weighted by Crippen LogP contribution is 2.45. The molecule has 5 rings (SSSR count). The number of thiophene rings is 1. The Morgan fingerprint density at radius 3 is 2.74 bits per heavy atom. The second-order valence-corrected chi connectivity index (χ2v) is 9.07. The van der Waals surface area contributed by atoms with Gasteiger partial charge in [-0.1, -0.05) is 12.1 Å². The lowest BCUT2D eigenvalue weighted by Gasteiger charge is -2.49. The summed E-state index contributed by atoms with van der Waals surface area (Å²) in [5, 5.41) is 4.80. The fourth-order valence-corrected chi connectivity index (χ4v) is 5.45. The van der Waals surface area contributed by atoms with Crippen molar-refractivity contribution < 1.29 is 9.59 Å². The average molecular weight is 382 g/mol. The number of benzene rings is 1. The van der Waals surface area contributed by atoms with Crippen LogP contribution in [0.15, 0.2) is 29.6 Å². The summed E-state index contributed by atoms with van der Waals surface area (Å²) in [5.74, 6) is -0.158. The van der Waals surface area contributed by atoms with Crippen LogP contribution in [0.4, 0.5) is 21.9 Å². The van der Waals surface area contributed by atoms with Gasteiger partial charge in [-0.25, -0.2) is 4.79 Å². The minimum atomic E-state index is -0.158. The molecule has 1 aromatic carbocycles. The van der Waals surface area contributed by atoms with Gasteiger partial charge in [0, 0.05) is 35.3 Å². The molecule has 27 heavy (non-hydrogen) atoms. The van der Waals surface area contributed by atoms with E-state index in [-0.39, 0.29) is 17.4 Å². The molecule has 3 aliphatic rings. The van der Waals surface area contributed by atoms with E-state index in [1.54, 1.807) is 4.90 Å². The van der Waals surface area contributed by atoms with Gasteiger partial charge in [0.1, 0.15) is 0 Å². The van der Waals surface area contributed by atoms with E-state index in [0.29, 0.717) is 11.3 Å². The number of aryl methyl sites for hydroxylation is 1. The number of fused-ring (bicyclic) bond motifs is 2. The number of hydrogen-bond donors (Lipinski definition) is 1. The summed E-state index contributed by atoms with van der Waals surface area (Å²) in [7, 11) is 2.14. The highest BCUT2D eigenvalue weighted by molar-refractivity contribution is 7.11. The number of carbonyl (C=O) groups excluding carboxylic acids is 2. The van der Waals surface area contributed by atoms with Gasteiger partial charge < -0.3 is 15.1 Å². The normalized spacial score (nSPS) is 20.7. The Morgan fingerprint density at radius 2 is 2.00 bits per heavy atom. The lowest BCUT2D eigenvalue weighted by molar-refractivity contribution is 0.0446. The minimum Gasteiger partial charge on any atom is -0.323 e. The molecule has 1 aromatic heterocycles. The maximum absolute atomic E-state index is 13.5. The fourth-order valence-electron chi connectivity index (χ4n) is 4.63. The van der Waals surface area contributed by atoms with Crippen molar-refractivity contribution >= 4 is 40.3 Å². The van der Waals surface area contributed by atoms with Crippen LogP contribution in [0.2, 0.25) is 0 Å². The number of nitrogens with zero attached hydrogens (tertiary/aromatic N) is 3. The number of amides is 3. The first-order valence-electron chi connectivity index (χ1n) is 9.23. The van der Waals surface area contributed by atoms with Gasteiger partial charge in [-0.05, 0) is 39.1 Å². The molecule has 4 heterocycles. The molecule has 0 bridgehead atoms. The highest BCUT2D eigenvalue weighted by Gasteiger charge is 2.50. The molecule has 0 unspecified atom stereocenters. The molecule has 7 heteroatoms. The predicted octanol–water partition coefficient (Wildman–Crippen LogP) is 3.52. The van der Waals surface area contributed by atoms with Gasteiger partial charge in [0.15, 0.2) is 0 Å². The minimum absolute atomic E-state index is 0.0399. The van der Waals surface area contributed by atoms with Crippen molar-refractivity contribution in [3.63, 3.8) is 0 Å². The van der Waals surface area contributed by atoms with Crippen molar-refractivity contribution in [2.24, 2.45) is 5.41 Å². The third kappa shape index (κ3) is 2.49. The van der Waals surface area contributed by atoms with Crippen LogP contribution in [-0.2, 0) is 0 Å².